The summed E-state index contributed by atoms with van der Waals surface area (Å²) in [6, 6.07) is 12.5. The molecule has 0 radical (unpaired) electrons. The van der Waals surface area contributed by atoms with Gasteiger partial charge in [-0.05, 0) is 24.6 Å². The highest BCUT2D eigenvalue weighted by Crippen LogP contribution is 2.22. The van der Waals surface area contributed by atoms with Crippen molar-refractivity contribution in [3.05, 3.63) is 65.0 Å². The van der Waals surface area contributed by atoms with Crippen molar-refractivity contribution in [1.29, 1.82) is 0 Å². The normalized spacial score (nSPS) is 10.2. The molecule has 0 aliphatic carbocycles. The van der Waals surface area contributed by atoms with Gasteiger partial charge in [0.25, 0.3) is 0 Å². The van der Waals surface area contributed by atoms with Gasteiger partial charge in [-0.2, -0.15) is 0 Å². The topological polar surface area (TPSA) is 35.2 Å². The summed E-state index contributed by atoms with van der Waals surface area (Å²) in [5.41, 5.74) is 7.84. The minimum atomic E-state index is -0.464. The van der Waals surface area contributed by atoms with Gasteiger partial charge in [-0.1, -0.05) is 48.1 Å². The van der Waals surface area contributed by atoms with E-state index in [0.29, 0.717) is 12.4 Å². The van der Waals surface area contributed by atoms with Gasteiger partial charge in [0.15, 0.2) is 0 Å². The van der Waals surface area contributed by atoms with Gasteiger partial charge in [-0.15, -0.1) is 0 Å². The second-order valence-electron chi connectivity index (χ2n) is 4.25. The highest BCUT2D eigenvalue weighted by Gasteiger charge is 2.12. The van der Waals surface area contributed by atoms with E-state index in [1.807, 2.05) is 31.2 Å². The summed E-state index contributed by atoms with van der Waals surface area (Å²) in [5, 5.41) is 0. The summed E-state index contributed by atoms with van der Waals surface area (Å²) < 4.78 is 19.3. The lowest BCUT2D eigenvalue weighted by Gasteiger charge is -2.11. The van der Waals surface area contributed by atoms with Gasteiger partial charge < -0.3 is 10.5 Å². The molecule has 98 valence electrons. The van der Waals surface area contributed by atoms with Crippen LogP contribution in [0.15, 0.2) is 42.5 Å². The predicted molar refractivity (Wildman–Crippen MR) is 77.8 cm³/mol. The molecule has 0 amide bonds. The zero-order chi connectivity index (χ0) is 13.8. The van der Waals surface area contributed by atoms with Crippen LogP contribution in [0.1, 0.15) is 16.7 Å². The maximum Gasteiger partial charge on any atom is 0.137 e. The molecule has 2 aromatic carbocycles. The van der Waals surface area contributed by atoms with E-state index in [0.717, 1.165) is 11.1 Å². The number of halogens is 1. The molecule has 2 aromatic rings. The second kappa shape index (κ2) is 5.80. The highest BCUT2D eigenvalue weighted by molar-refractivity contribution is 7.80. The second-order valence-corrected chi connectivity index (χ2v) is 4.69. The molecule has 0 atom stereocenters. The van der Waals surface area contributed by atoms with E-state index in [2.05, 4.69) is 0 Å². The van der Waals surface area contributed by atoms with Crippen LogP contribution in [-0.2, 0) is 6.61 Å². The molecule has 0 saturated carbocycles. The van der Waals surface area contributed by atoms with Gasteiger partial charge >= 0.3 is 0 Å². The monoisotopic (exact) mass is 275 g/mol. The molecule has 0 saturated heterocycles. The van der Waals surface area contributed by atoms with Crippen molar-refractivity contribution in [2.75, 3.05) is 0 Å². The van der Waals surface area contributed by atoms with Crippen LogP contribution in [0, 0.1) is 12.7 Å². The van der Waals surface area contributed by atoms with Crippen LogP contribution in [-0.4, -0.2) is 4.99 Å². The minimum absolute atomic E-state index is 0.00246. The smallest absolute Gasteiger partial charge is 0.137 e. The molecule has 0 fully saturated rings. The van der Waals surface area contributed by atoms with Crippen molar-refractivity contribution < 1.29 is 9.13 Å². The van der Waals surface area contributed by atoms with E-state index in [1.165, 1.54) is 6.07 Å². The first-order chi connectivity index (χ1) is 9.08. The maximum atomic E-state index is 13.6. The number of benzene rings is 2. The van der Waals surface area contributed by atoms with Crippen LogP contribution in [0.3, 0.4) is 0 Å². The molecule has 4 heteroatoms. The molecule has 2 N–H and O–H groups in total. The van der Waals surface area contributed by atoms with E-state index in [9.17, 15) is 4.39 Å². The Morgan fingerprint density at radius 1 is 1.26 bits per heavy atom. The molecule has 19 heavy (non-hydrogen) atoms. The van der Waals surface area contributed by atoms with Crippen LogP contribution in [0.25, 0.3) is 0 Å². The Hall–Kier alpha value is -1.94. The molecular weight excluding hydrogens is 261 g/mol. The van der Waals surface area contributed by atoms with E-state index in [1.54, 1.807) is 12.1 Å². The Labute approximate surface area is 117 Å². The van der Waals surface area contributed by atoms with Crippen LogP contribution >= 0.6 is 12.2 Å². The standard InChI is InChI=1S/C15H14FNOS/c1-10-4-2-5-11(8-10)9-18-13-7-3-6-12(16)14(13)15(17)19/h2-8H,9H2,1H3,(H2,17,19). The fourth-order valence-electron chi connectivity index (χ4n) is 1.83. The zero-order valence-electron chi connectivity index (χ0n) is 10.5. The lowest BCUT2D eigenvalue weighted by atomic mass is 10.1. The van der Waals surface area contributed by atoms with Crippen LogP contribution in [0.2, 0.25) is 0 Å². The number of ether oxygens (including phenoxy) is 1. The Bertz CT molecular complexity index is 613. The summed E-state index contributed by atoms with van der Waals surface area (Å²) >= 11 is 4.85. The van der Waals surface area contributed by atoms with Crippen molar-refractivity contribution in [1.82, 2.24) is 0 Å². The summed E-state index contributed by atoms with van der Waals surface area (Å²) in [4.78, 5) is -0.00246. The van der Waals surface area contributed by atoms with Gasteiger partial charge in [0.2, 0.25) is 0 Å². The minimum Gasteiger partial charge on any atom is -0.488 e. The van der Waals surface area contributed by atoms with Gasteiger partial charge in [0, 0.05) is 0 Å². The average Bonchev–Trinajstić information content (AvgIpc) is 2.36. The van der Waals surface area contributed by atoms with Crippen molar-refractivity contribution in [2.45, 2.75) is 13.5 Å². The first kappa shape index (κ1) is 13.5. The lowest BCUT2D eigenvalue weighted by Crippen LogP contribution is -2.14. The molecule has 0 aliphatic rings. The zero-order valence-corrected chi connectivity index (χ0v) is 11.3. The first-order valence-electron chi connectivity index (χ1n) is 5.84. The van der Waals surface area contributed by atoms with Gasteiger partial charge in [-0.25, -0.2) is 4.39 Å². The third-order valence-corrected chi connectivity index (χ3v) is 2.90. The molecular formula is C15H14FNOS. The molecule has 2 rings (SSSR count). The highest BCUT2D eigenvalue weighted by atomic mass is 32.1. The van der Waals surface area contributed by atoms with Crippen molar-refractivity contribution in [2.24, 2.45) is 5.73 Å². The number of nitrogens with two attached hydrogens (primary N) is 1. The molecule has 0 heterocycles. The van der Waals surface area contributed by atoms with E-state index in [4.69, 9.17) is 22.7 Å². The van der Waals surface area contributed by atoms with Gasteiger partial charge in [0.05, 0.1) is 5.56 Å². The maximum absolute atomic E-state index is 13.6. The molecule has 0 bridgehead atoms. The number of hydrogen-bond acceptors (Lipinski definition) is 2. The SMILES string of the molecule is Cc1cccc(COc2cccc(F)c2C(N)=S)c1. The summed E-state index contributed by atoms with van der Waals surface area (Å²) in [6.07, 6.45) is 0. The predicted octanol–water partition coefficient (Wildman–Crippen LogP) is 3.35. The summed E-state index contributed by atoms with van der Waals surface area (Å²) in [5.74, 6) is -0.0942. The van der Waals surface area contributed by atoms with E-state index < -0.39 is 5.82 Å². The van der Waals surface area contributed by atoms with Gasteiger partial charge in [-0.3, -0.25) is 0 Å². The summed E-state index contributed by atoms with van der Waals surface area (Å²) in [6.45, 7) is 2.35. The average molecular weight is 275 g/mol. The largest absolute Gasteiger partial charge is 0.488 e. The summed E-state index contributed by atoms with van der Waals surface area (Å²) in [7, 11) is 0. The third-order valence-electron chi connectivity index (χ3n) is 2.70. The Balaban J connectivity index is 2.20. The molecule has 0 unspecified atom stereocenters. The van der Waals surface area contributed by atoms with Crippen molar-refractivity contribution in [3.8, 4) is 5.75 Å². The number of hydrogen-bond donors (Lipinski definition) is 1. The quantitative estimate of drug-likeness (QED) is 0.869. The van der Waals surface area contributed by atoms with Crippen molar-refractivity contribution in [3.63, 3.8) is 0 Å². The van der Waals surface area contributed by atoms with Crippen LogP contribution < -0.4 is 10.5 Å². The van der Waals surface area contributed by atoms with E-state index >= 15 is 0 Å². The Morgan fingerprint density at radius 3 is 2.68 bits per heavy atom. The molecule has 0 aliphatic heterocycles. The number of aryl methyl sites for hydroxylation is 1. The van der Waals surface area contributed by atoms with E-state index in [-0.39, 0.29) is 10.6 Å². The number of rotatable bonds is 4. The fourth-order valence-corrected chi connectivity index (χ4v) is 2.02. The van der Waals surface area contributed by atoms with Gasteiger partial charge in [0.1, 0.15) is 23.2 Å². The fraction of sp³-hybridized carbons (Fsp3) is 0.133. The lowest BCUT2D eigenvalue weighted by molar-refractivity contribution is 0.304. The van der Waals surface area contributed by atoms with Crippen LogP contribution in [0.4, 0.5) is 4.39 Å². The first-order valence-corrected chi connectivity index (χ1v) is 6.25. The molecule has 0 spiro atoms. The third kappa shape index (κ3) is 3.29. The van der Waals surface area contributed by atoms with Crippen LogP contribution in [0.5, 0.6) is 5.75 Å². The Kier molecular flexibility index (Phi) is 4.12. The molecule has 2 nitrogen and oxygen atoms in total. The number of thiocarbonyl (C=S) groups is 1. The molecule has 0 aromatic heterocycles. The van der Waals surface area contributed by atoms with Crippen molar-refractivity contribution >= 4 is 17.2 Å². The Morgan fingerprint density at radius 2 is 2.00 bits per heavy atom.